The molecule has 28 heavy (non-hydrogen) atoms. The van der Waals surface area contributed by atoms with Crippen molar-refractivity contribution in [1.82, 2.24) is 5.43 Å². The van der Waals surface area contributed by atoms with Gasteiger partial charge in [-0.05, 0) is 43.3 Å². The number of hydrogen-bond acceptors (Lipinski definition) is 6. The average Bonchev–Trinajstić information content (AvgIpc) is 3.18. The van der Waals surface area contributed by atoms with Crippen LogP contribution >= 0.6 is 0 Å². The molecule has 1 amide bonds. The first-order valence-corrected chi connectivity index (χ1v) is 8.47. The van der Waals surface area contributed by atoms with Crippen LogP contribution in [-0.2, 0) is 0 Å². The van der Waals surface area contributed by atoms with Crippen molar-refractivity contribution in [2.24, 2.45) is 5.10 Å². The number of carbonyl (C=O) groups is 1. The zero-order valence-electron chi connectivity index (χ0n) is 15.0. The predicted octanol–water partition coefficient (Wildman–Crippen LogP) is 4.02. The average molecular weight is 379 g/mol. The van der Waals surface area contributed by atoms with E-state index >= 15 is 0 Å². The van der Waals surface area contributed by atoms with Gasteiger partial charge in [-0.3, -0.25) is 14.9 Å². The number of nitrogens with zero attached hydrogens (tertiary/aromatic N) is 2. The molecule has 0 aliphatic rings. The first kappa shape index (κ1) is 18.8. The van der Waals surface area contributed by atoms with E-state index in [-0.39, 0.29) is 11.6 Å². The highest BCUT2D eigenvalue weighted by Crippen LogP contribution is 2.25. The van der Waals surface area contributed by atoms with Gasteiger partial charge < -0.3 is 9.15 Å². The highest BCUT2D eigenvalue weighted by Gasteiger charge is 2.10. The number of amides is 1. The molecule has 0 fully saturated rings. The third kappa shape index (κ3) is 4.61. The Balaban J connectivity index is 1.63. The Kier molecular flexibility index (Phi) is 5.81. The first-order valence-electron chi connectivity index (χ1n) is 8.47. The maximum atomic E-state index is 12.1. The summed E-state index contributed by atoms with van der Waals surface area (Å²) >= 11 is 0. The van der Waals surface area contributed by atoms with Crippen LogP contribution in [0.25, 0.3) is 11.3 Å². The van der Waals surface area contributed by atoms with E-state index in [9.17, 15) is 14.9 Å². The lowest BCUT2D eigenvalue weighted by Gasteiger charge is -2.03. The summed E-state index contributed by atoms with van der Waals surface area (Å²) in [6, 6.07) is 16.2. The van der Waals surface area contributed by atoms with Crippen molar-refractivity contribution in [3.63, 3.8) is 0 Å². The molecule has 3 aromatic rings. The molecular formula is C20H17N3O5. The molecule has 0 bridgehead atoms. The summed E-state index contributed by atoms with van der Waals surface area (Å²) in [5.41, 5.74) is 3.41. The van der Waals surface area contributed by atoms with Gasteiger partial charge in [0, 0.05) is 23.3 Å². The highest BCUT2D eigenvalue weighted by atomic mass is 16.6. The molecule has 0 atom stereocenters. The van der Waals surface area contributed by atoms with E-state index in [0.29, 0.717) is 35.0 Å². The van der Waals surface area contributed by atoms with Crippen LogP contribution in [0.1, 0.15) is 23.0 Å². The number of nitro benzene ring substituents is 1. The molecule has 0 saturated heterocycles. The van der Waals surface area contributed by atoms with Gasteiger partial charge in [-0.2, -0.15) is 5.10 Å². The standard InChI is InChI=1S/C20H17N3O5/c1-2-27-17-8-6-14(7-9-17)20(24)22-21-13-18-10-11-19(28-18)15-4-3-5-16(12-15)23(25)26/h3-13H,2H2,1H3,(H,22,24)/b21-13-. The first-order chi connectivity index (χ1) is 13.6. The summed E-state index contributed by atoms with van der Waals surface area (Å²) in [5, 5.41) is 14.7. The smallest absolute Gasteiger partial charge is 0.271 e. The molecule has 0 aliphatic heterocycles. The highest BCUT2D eigenvalue weighted by molar-refractivity contribution is 5.94. The number of hydrazone groups is 1. The van der Waals surface area contributed by atoms with E-state index in [1.54, 1.807) is 48.5 Å². The Morgan fingerprint density at radius 1 is 1.21 bits per heavy atom. The van der Waals surface area contributed by atoms with E-state index in [1.807, 2.05) is 6.92 Å². The molecule has 1 heterocycles. The minimum Gasteiger partial charge on any atom is -0.494 e. The van der Waals surface area contributed by atoms with Crippen molar-refractivity contribution in [2.45, 2.75) is 6.92 Å². The number of ether oxygens (including phenoxy) is 1. The van der Waals surface area contributed by atoms with E-state index in [2.05, 4.69) is 10.5 Å². The zero-order chi connectivity index (χ0) is 19.9. The molecule has 1 N–H and O–H groups in total. The second-order valence-electron chi connectivity index (χ2n) is 5.67. The van der Waals surface area contributed by atoms with E-state index < -0.39 is 4.92 Å². The third-order valence-electron chi connectivity index (χ3n) is 3.75. The van der Waals surface area contributed by atoms with Crippen LogP contribution < -0.4 is 10.2 Å². The molecule has 0 unspecified atom stereocenters. The van der Waals surface area contributed by atoms with Gasteiger partial charge in [0.1, 0.15) is 17.3 Å². The van der Waals surface area contributed by atoms with Gasteiger partial charge in [0.05, 0.1) is 17.7 Å². The summed E-state index contributed by atoms with van der Waals surface area (Å²) in [6.07, 6.45) is 1.35. The summed E-state index contributed by atoms with van der Waals surface area (Å²) in [7, 11) is 0. The van der Waals surface area contributed by atoms with Crippen LogP contribution in [-0.4, -0.2) is 23.7 Å². The fourth-order valence-corrected chi connectivity index (χ4v) is 2.44. The van der Waals surface area contributed by atoms with Gasteiger partial charge in [-0.15, -0.1) is 0 Å². The summed E-state index contributed by atoms with van der Waals surface area (Å²) in [5.74, 6) is 1.17. The number of hydrogen-bond donors (Lipinski definition) is 1. The quantitative estimate of drug-likeness (QED) is 0.379. The SMILES string of the molecule is CCOc1ccc(C(=O)N/N=C\c2ccc(-c3cccc([N+](=O)[O-])c3)o2)cc1. The van der Waals surface area contributed by atoms with E-state index in [4.69, 9.17) is 9.15 Å². The second kappa shape index (κ2) is 8.63. The second-order valence-corrected chi connectivity index (χ2v) is 5.67. The molecule has 0 saturated carbocycles. The van der Waals surface area contributed by atoms with Crippen molar-refractivity contribution in [2.75, 3.05) is 6.61 Å². The van der Waals surface area contributed by atoms with Crippen LogP contribution in [0.2, 0.25) is 0 Å². The number of rotatable bonds is 7. The summed E-state index contributed by atoms with van der Waals surface area (Å²) < 4.78 is 10.9. The van der Waals surface area contributed by atoms with Gasteiger partial charge in [0.2, 0.25) is 0 Å². The Bertz CT molecular complexity index is 1010. The molecule has 2 aromatic carbocycles. The molecule has 142 valence electrons. The van der Waals surface area contributed by atoms with Crippen molar-refractivity contribution >= 4 is 17.8 Å². The lowest BCUT2D eigenvalue weighted by Crippen LogP contribution is -2.17. The molecule has 1 aromatic heterocycles. The molecular weight excluding hydrogens is 362 g/mol. The van der Waals surface area contributed by atoms with Crippen molar-refractivity contribution in [3.05, 3.63) is 82.1 Å². The fourth-order valence-electron chi connectivity index (χ4n) is 2.44. The van der Waals surface area contributed by atoms with Gasteiger partial charge in [0.15, 0.2) is 0 Å². The van der Waals surface area contributed by atoms with Crippen molar-refractivity contribution < 1.29 is 18.9 Å². The largest absolute Gasteiger partial charge is 0.494 e. The minimum absolute atomic E-state index is 0.0215. The summed E-state index contributed by atoms with van der Waals surface area (Å²) in [6.45, 7) is 2.44. The number of carbonyl (C=O) groups excluding carboxylic acids is 1. The fraction of sp³-hybridized carbons (Fsp3) is 0.100. The number of benzene rings is 2. The maximum absolute atomic E-state index is 12.1. The van der Waals surface area contributed by atoms with E-state index in [1.165, 1.54) is 18.3 Å². The van der Waals surface area contributed by atoms with Crippen LogP contribution in [0.15, 0.2) is 70.2 Å². The Morgan fingerprint density at radius 3 is 2.71 bits per heavy atom. The molecule has 8 nitrogen and oxygen atoms in total. The monoisotopic (exact) mass is 379 g/mol. The number of non-ortho nitro benzene ring substituents is 1. The van der Waals surface area contributed by atoms with Crippen LogP contribution in [0.3, 0.4) is 0 Å². The van der Waals surface area contributed by atoms with Gasteiger partial charge >= 0.3 is 0 Å². The van der Waals surface area contributed by atoms with E-state index in [0.717, 1.165) is 0 Å². The Hall–Kier alpha value is -3.94. The van der Waals surface area contributed by atoms with Crippen LogP contribution in [0.4, 0.5) is 5.69 Å². The third-order valence-corrected chi connectivity index (χ3v) is 3.75. The molecule has 8 heteroatoms. The minimum atomic E-state index is -0.467. The maximum Gasteiger partial charge on any atom is 0.271 e. The van der Waals surface area contributed by atoms with Crippen molar-refractivity contribution in [3.8, 4) is 17.1 Å². The Labute approximate surface area is 160 Å². The summed E-state index contributed by atoms with van der Waals surface area (Å²) in [4.78, 5) is 22.5. The van der Waals surface area contributed by atoms with Gasteiger partial charge in [-0.25, -0.2) is 5.43 Å². The van der Waals surface area contributed by atoms with Crippen LogP contribution in [0.5, 0.6) is 5.75 Å². The topological polar surface area (TPSA) is 107 Å². The van der Waals surface area contributed by atoms with Gasteiger partial charge in [0.25, 0.3) is 11.6 Å². The molecule has 3 rings (SSSR count). The zero-order valence-corrected chi connectivity index (χ0v) is 15.0. The van der Waals surface area contributed by atoms with Crippen LogP contribution in [0, 0.1) is 10.1 Å². The normalized spacial score (nSPS) is 10.8. The molecule has 0 radical (unpaired) electrons. The van der Waals surface area contributed by atoms with Crippen molar-refractivity contribution in [1.29, 1.82) is 0 Å². The van der Waals surface area contributed by atoms with Gasteiger partial charge in [-0.1, -0.05) is 12.1 Å². The molecule has 0 spiro atoms. The lowest BCUT2D eigenvalue weighted by molar-refractivity contribution is -0.384. The number of nitrogens with one attached hydrogen (secondary N) is 1. The predicted molar refractivity (Wildman–Crippen MR) is 103 cm³/mol. The number of furan rings is 1. The molecule has 0 aliphatic carbocycles. The Morgan fingerprint density at radius 2 is 2.00 bits per heavy atom. The number of nitro groups is 1. The lowest BCUT2D eigenvalue weighted by atomic mass is 10.1.